The van der Waals surface area contributed by atoms with E-state index in [4.69, 9.17) is 11.6 Å². The van der Waals surface area contributed by atoms with E-state index in [2.05, 4.69) is 31.4 Å². The Morgan fingerprint density at radius 3 is 2.47 bits per heavy atom. The van der Waals surface area contributed by atoms with Gasteiger partial charge < -0.3 is 14.7 Å². The van der Waals surface area contributed by atoms with E-state index in [0.29, 0.717) is 18.8 Å². The molecule has 0 spiro atoms. The van der Waals surface area contributed by atoms with E-state index < -0.39 is 0 Å². The van der Waals surface area contributed by atoms with Gasteiger partial charge in [-0.25, -0.2) is 0 Å². The van der Waals surface area contributed by atoms with Crippen LogP contribution in [0.5, 0.6) is 0 Å². The number of likely N-dealkylation sites (N-methyl/N-ethyl adjacent to an activating group) is 1. The average Bonchev–Trinajstić information content (AvgIpc) is 2.80. The summed E-state index contributed by atoms with van der Waals surface area (Å²) in [7, 11) is 2.02. The predicted octanol–water partition coefficient (Wildman–Crippen LogP) is 5.72. The van der Waals surface area contributed by atoms with Crippen molar-refractivity contribution in [3.63, 3.8) is 0 Å². The Labute approximate surface area is 211 Å². The van der Waals surface area contributed by atoms with E-state index in [1.54, 1.807) is 13.0 Å². The average molecular weight is 488 g/mol. The fourth-order valence-corrected chi connectivity index (χ4v) is 3.89. The molecule has 5 nitrogen and oxygen atoms in total. The minimum absolute atomic E-state index is 0.00310. The first kappa shape index (κ1) is 29.7. The number of hydrogen-bond acceptors (Lipinski definition) is 4. The maximum Gasteiger partial charge on any atom is 0.246 e. The molecule has 1 saturated heterocycles. The van der Waals surface area contributed by atoms with Gasteiger partial charge in [0.2, 0.25) is 5.91 Å². The summed E-state index contributed by atoms with van der Waals surface area (Å²) in [4.78, 5) is 30.2. The van der Waals surface area contributed by atoms with Gasteiger partial charge in [-0.15, -0.1) is 0 Å². The molecule has 0 bridgehead atoms. The van der Waals surface area contributed by atoms with E-state index in [1.165, 1.54) is 5.56 Å². The van der Waals surface area contributed by atoms with Crippen LogP contribution in [0.1, 0.15) is 53.0 Å². The normalized spacial score (nSPS) is 16.6. The minimum atomic E-state index is -0.00310. The summed E-state index contributed by atoms with van der Waals surface area (Å²) in [6, 6.07) is 8.02. The van der Waals surface area contributed by atoms with E-state index in [-0.39, 0.29) is 17.7 Å². The standard InChI is InChI=1S/C19H31N3O2.C9H11Cl/c1-7-10-18(17(5)23)21-13-16(4)22(14-15(21)3)19(24)11-9-12-20(6)8-2;1-2-5-8-6-3-4-7-9(8)10/h9-11,16H,3,7-8,12-14H2,1-2,4-6H3;3-4,6-7H,2,5H2,1H3/b11-9+,18-10-;. The Balaban J connectivity index is 0.000000479. The summed E-state index contributed by atoms with van der Waals surface area (Å²) in [6.07, 6.45) is 8.50. The lowest BCUT2D eigenvalue weighted by atomic mass is 10.1. The molecule has 1 aromatic carbocycles. The maximum absolute atomic E-state index is 12.4. The van der Waals surface area contributed by atoms with Gasteiger partial charge >= 0.3 is 0 Å². The number of carbonyl (C=O) groups is 2. The fraction of sp³-hybridized carbons (Fsp3) is 0.500. The number of ketones is 1. The zero-order valence-electron chi connectivity index (χ0n) is 21.8. The van der Waals surface area contributed by atoms with Crippen molar-refractivity contribution >= 4 is 23.3 Å². The lowest BCUT2D eigenvalue weighted by Gasteiger charge is -2.42. The van der Waals surface area contributed by atoms with Gasteiger partial charge in [0, 0.05) is 42.9 Å². The molecule has 0 aromatic heterocycles. The van der Waals surface area contributed by atoms with Gasteiger partial charge in [-0.05, 0) is 45.0 Å². The van der Waals surface area contributed by atoms with Gasteiger partial charge in [0.25, 0.3) is 0 Å². The summed E-state index contributed by atoms with van der Waals surface area (Å²) in [5, 5.41) is 0.893. The second kappa shape index (κ2) is 15.5. The van der Waals surface area contributed by atoms with Gasteiger partial charge in [0.15, 0.2) is 5.78 Å². The van der Waals surface area contributed by atoms with Crippen molar-refractivity contribution in [3.05, 3.63) is 71.1 Å². The van der Waals surface area contributed by atoms with E-state index in [9.17, 15) is 9.59 Å². The van der Waals surface area contributed by atoms with Crippen LogP contribution in [0, 0.1) is 0 Å². The van der Waals surface area contributed by atoms with Gasteiger partial charge in [-0.2, -0.15) is 0 Å². The fourth-order valence-electron chi connectivity index (χ4n) is 3.66. The molecule has 1 unspecified atom stereocenters. The van der Waals surface area contributed by atoms with Crippen LogP contribution in [0.2, 0.25) is 5.02 Å². The Morgan fingerprint density at radius 2 is 1.91 bits per heavy atom. The molecule has 188 valence electrons. The molecule has 0 N–H and O–H groups in total. The topological polar surface area (TPSA) is 43.9 Å². The molecule has 1 amide bonds. The number of rotatable bonds is 9. The van der Waals surface area contributed by atoms with E-state index >= 15 is 0 Å². The van der Waals surface area contributed by atoms with Crippen molar-refractivity contribution < 1.29 is 9.59 Å². The highest BCUT2D eigenvalue weighted by Crippen LogP contribution is 2.23. The smallest absolute Gasteiger partial charge is 0.246 e. The zero-order valence-corrected chi connectivity index (χ0v) is 22.6. The van der Waals surface area contributed by atoms with E-state index in [1.807, 2.05) is 61.0 Å². The molecule has 1 fully saturated rings. The zero-order chi connectivity index (χ0) is 25.7. The molecule has 2 rings (SSSR count). The molecule has 1 aromatic rings. The third-order valence-electron chi connectivity index (χ3n) is 5.74. The maximum atomic E-state index is 12.4. The lowest BCUT2D eigenvalue weighted by molar-refractivity contribution is -0.129. The SMILES string of the molecule is C=C1CN(C(=O)/C=C/CN(C)CC)C(C)CN1/C(=C\CC)C(C)=O.CCCc1ccccc1Cl. The molecule has 1 heterocycles. The first-order valence-corrected chi connectivity index (χ1v) is 12.6. The number of allylic oxidation sites excluding steroid dienone is 2. The Bertz CT molecular complexity index is 878. The van der Waals surface area contributed by atoms with Gasteiger partial charge in [-0.3, -0.25) is 9.59 Å². The summed E-state index contributed by atoms with van der Waals surface area (Å²) in [5.74, 6) is 0.0316. The van der Waals surface area contributed by atoms with Crippen LogP contribution >= 0.6 is 11.6 Å². The van der Waals surface area contributed by atoms with Crippen LogP contribution in [0.4, 0.5) is 0 Å². The number of piperazine rings is 1. The number of aryl methyl sites for hydroxylation is 1. The molecule has 1 aliphatic heterocycles. The Kier molecular flexibility index (Phi) is 13.5. The predicted molar refractivity (Wildman–Crippen MR) is 144 cm³/mol. The van der Waals surface area contributed by atoms with Crippen molar-refractivity contribution in [3.8, 4) is 0 Å². The molecule has 0 radical (unpaired) electrons. The van der Waals surface area contributed by atoms with Crippen molar-refractivity contribution in [2.24, 2.45) is 0 Å². The molecule has 0 aliphatic carbocycles. The van der Waals surface area contributed by atoms with Crippen LogP contribution in [-0.2, 0) is 16.0 Å². The molecule has 6 heteroatoms. The summed E-state index contributed by atoms with van der Waals surface area (Å²) in [6.45, 7) is 16.6. The number of hydrogen-bond donors (Lipinski definition) is 0. The van der Waals surface area contributed by atoms with Crippen molar-refractivity contribution in [2.45, 2.75) is 59.9 Å². The Morgan fingerprint density at radius 1 is 1.24 bits per heavy atom. The number of Topliss-reactive ketones (excluding diaryl/α,β-unsaturated/α-hetero) is 1. The van der Waals surface area contributed by atoms with Crippen LogP contribution in [-0.4, -0.2) is 65.7 Å². The second-order valence-corrected chi connectivity index (χ2v) is 9.05. The first-order chi connectivity index (χ1) is 16.2. The summed E-state index contributed by atoms with van der Waals surface area (Å²) >= 11 is 5.90. The molecular weight excluding hydrogens is 446 g/mol. The molecule has 34 heavy (non-hydrogen) atoms. The minimum Gasteiger partial charge on any atom is -0.339 e. The van der Waals surface area contributed by atoms with E-state index in [0.717, 1.165) is 43.1 Å². The number of halogens is 1. The molecule has 1 atom stereocenters. The van der Waals surface area contributed by atoms with Gasteiger partial charge in [0.05, 0.1) is 12.2 Å². The summed E-state index contributed by atoms with van der Waals surface area (Å²) < 4.78 is 0. The summed E-state index contributed by atoms with van der Waals surface area (Å²) in [5.41, 5.74) is 2.73. The number of benzene rings is 1. The highest BCUT2D eigenvalue weighted by Gasteiger charge is 2.30. The van der Waals surface area contributed by atoms with Crippen molar-refractivity contribution in [2.75, 3.05) is 33.2 Å². The van der Waals surface area contributed by atoms with Gasteiger partial charge in [-0.1, -0.05) is 75.7 Å². The monoisotopic (exact) mass is 487 g/mol. The molecule has 1 aliphatic rings. The van der Waals surface area contributed by atoms with Crippen molar-refractivity contribution in [1.29, 1.82) is 0 Å². The van der Waals surface area contributed by atoms with Crippen LogP contribution in [0.3, 0.4) is 0 Å². The third kappa shape index (κ3) is 9.47. The number of carbonyl (C=O) groups excluding carboxylic acids is 2. The number of amides is 1. The molecular formula is C28H42ClN3O2. The number of nitrogens with zero attached hydrogens (tertiary/aromatic N) is 3. The largest absolute Gasteiger partial charge is 0.339 e. The lowest BCUT2D eigenvalue weighted by Crippen LogP contribution is -2.52. The Hall–Kier alpha value is -2.37. The first-order valence-electron chi connectivity index (χ1n) is 12.2. The van der Waals surface area contributed by atoms with Gasteiger partial charge in [0.1, 0.15) is 0 Å². The quantitative estimate of drug-likeness (QED) is 0.418. The van der Waals surface area contributed by atoms with Crippen LogP contribution in [0.25, 0.3) is 0 Å². The highest BCUT2D eigenvalue weighted by atomic mass is 35.5. The highest BCUT2D eigenvalue weighted by molar-refractivity contribution is 6.31. The van der Waals surface area contributed by atoms with Crippen LogP contribution < -0.4 is 0 Å². The van der Waals surface area contributed by atoms with Crippen LogP contribution in [0.15, 0.2) is 60.5 Å². The van der Waals surface area contributed by atoms with Crippen molar-refractivity contribution in [1.82, 2.24) is 14.7 Å². The molecule has 0 saturated carbocycles. The third-order valence-corrected chi connectivity index (χ3v) is 6.11. The second-order valence-electron chi connectivity index (χ2n) is 8.64.